The summed E-state index contributed by atoms with van der Waals surface area (Å²) < 4.78 is 5.24. The highest BCUT2D eigenvalue weighted by Crippen LogP contribution is 2.30. The Morgan fingerprint density at radius 1 is 1.48 bits per heavy atom. The minimum absolute atomic E-state index is 0.0258. The first-order valence-corrected chi connectivity index (χ1v) is 7.53. The van der Waals surface area contributed by atoms with Crippen LogP contribution in [-0.2, 0) is 4.79 Å². The second-order valence-electron chi connectivity index (χ2n) is 6.64. The van der Waals surface area contributed by atoms with Crippen LogP contribution in [0.2, 0.25) is 0 Å². The number of benzene rings is 1. The van der Waals surface area contributed by atoms with Gasteiger partial charge < -0.3 is 15.4 Å². The van der Waals surface area contributed by atoms with Crippen molar-refractivity contribution in [3.8, 4) is 5.75 Å². The Morgan fingerprint density at radius 3 is 2.81 bits per heavy atom. The van der Waals surface area contributed by atoms with Gasteiger partial charge in [0.05, 0.1) is 13.0 Å². The molecule has 2 N–H and O–H groups in total. The van der Waals surface area contributed by atoms with Gasteiger partial charge in [0, 0.05) is 19.1 Å². The molecular formula is C17H26N2O2. The van der Waals surface area contributed by atoms with E-state index in [1.54, 1.807) is 7.11 Å². The van der Waals surface area contributed by atoms with Crippen molar-refractivity contribution in [2.24, 2.45) is 11.1 Å². The van der Waals surface area contributed by atoms with E-state index in [0.29, 0.717) is 0 Å². The van der Waals surface area contributed by atoms with Gasteiger partial charge >= 0.3 is 0 Å². The monoisotopic (exact) mass is 290 g/mol. The summed E-state index contributed by atoms with van der Waals surface area (Å²) in [5.41, 5.74) is 7.11. The SMILES string of the molecule is COc1cccc(C(C)C(=O)N2CCC(N)C(C)(C)C2)c1. The average molecular weight is 290 g/mol. The number of carbonyl (C=O) groups is 1. The standard InChI is InChI=1S/C17H26N2O2/c1-12(13-6-5-7-14(10-13)21-4)16(20)19-9-8-15(18)17(2,3)11-19/h5-7,10,12,15H,8-9,11,18H2,1-4H3. The van der Waals surface area contributed by atoms with Gasteiger partial charge in [-0.15, -0.1) is 0 Å². The van der Waals surface area contributed by atoms with Crippen molar-refractivity contribution in [3.63, 3.8) is 0 Å². The number of nitrogens with two attached hydrogens (primary N) is 1. The lowest BCUT2D eigenvalue weighted by Gasteiger charge is -2.43. The summed E-state index contributed by atoms with van der Waals surface area (Å²) in [6.45, 7) is 7.69. The van der Waals surface area contributed by atoms with Gasteiger partial charge in [-0.25, -0.2) is 0 Å². The molecule has 0 aliphatic carbocycles. The lowest BCUT2D eigenvalue weighted by atomic mass is 9.79. The normalized spacial score (nSPS) is 22.7. The van der Waals surface area contributed by atoms with Gasteiger partial charge in [0.25, 0.3) is 0 Å². The number of rotatable bonds is 3. The number of methoxy groups -OCH3 is 1. The first-order chi connectivity index (χ1) is 9.85. The van der Waals surface area contributed by atoms with E-state index in [-0.39, 0.29) is 23.3 Å². The Kier molecular flexibility index (Phi) is 4.57. The number of amides is 1. The summed E-state index contributed by atoms with van der Waals surface area (Å²) >= 11 is 0. The summed E-state index contributed by atoms with van der Waals surface area (Å²) in [5, 5.41) is 0. The number of likely N-dealkylation sites (tertiary alicyclic amines) is 1. The van der Waals surface area contributed by atoms with Crippen LogP contribution in [0.25, 0.3) is 0 Å². The summed E-state index contributed by atoms with van der Waals surface area (Å²) in [7, 11) is 1.64. The van der Waals surface area contributed by atoms with E-state index in [9.17, 15) is 4.79 Å². The van der Waals surface area contributed by atoms with Crippen molar-refractivity contribution in [3.05, 3.63) is 29.8 Å². The van der Waals surface area contributed by atoms with Crippen LogP contribution in [0, 0.1) is 5.41 Å². The van der Waals surface area contributed by atoms with Crippen LogP contribution in [0.5, 0.6) is 5.75 Å². The fraction of sp³-hybridized carbons (Fsp3) is 0.588. The minimum atomic E-state index is -0.162. The van der Waals surface area contributed by atoms with Crippen molar-refractivity contribution in [2.45, 2.75) is 39.2 Å². The Hall–Kier alpha value is -1.55. The van der Waals surface area contributed by atoms with Gasteiger partial charge in [-0.1, -0.05) is 26.0 Å². The zero-order valence-electron chi connectivity index (χ0n) is 13.4. The summed E-state index contributed by atoms with van der Waals surface area (Å²) in [5.74, 6) is 0.793. The molecule has 1 amide bonds. The van der Waals surface area contributed by atoms with Gasteiger partial charge in [0.15, 0.2) is 0 Å². The van der Waals surface area contributed by atoms with E-state index in [0.717, 1.165) is 30.8 Å². The van der Waals surface area contributed by atoms with Crippen molar-refractivity contribution in [1.82, 2.24) is 4.90 Å². The van der Waals surface area contributed by atoms with Crippen LogP contribution in [0.1, 0.15) is 38.7 Å². The molecule has 1 fully saturated rings. The number of carbonyl (C=O) groups excluding carboxylic acids is 1. The maximum atomic E-state index is 12.7. The van der Waals surface area contributed by atoms with Crippen LogP contribution in [0.3, 0.4) is 0 Å². The highest BCUT2D eigenvalue weighted by atomic mass is 16.5. The Balaban J connectivity index is 2.12. The molecule has 0 aromatic heterocycles. The van der Waals surface area contributed by atoms with Crippen molar-refractivity contribution in [1.29, 1.82) is 0 Å². The molecule has 1 aliphatic heterocycles. The molecule has 1 heterocycles. The van der Waals surface area contributed by atoms with Crippen LogP contribution >= 0.6 is 0 Å². The molecule has 4 nitrogen and oxygen atoms in total. The van der Waals surface area contributed by atoms with Crippen LogP contribution in [0.4, 0.5) is 0 Å². The van der Waals surface area contributed by atoms with E-state index >= 15 is 0 Å². The van der Waals surface area contributed by atoms with E-state index in [1.165, 1.54) is 0 Å². The molecule has 2 atom stereocenters. The summed E-state index contributed by atoms with van der Waals surface area (Å²) in [6.07, 6.45) is 0.865. The Labute approximate surface area is 127 Å². The van der Waals surface area contributed by atoms with Crippen LogP contribution < -0.4 is 10.5 Å². The van der Waals surface area contributed by atoms with Gasteiger partial charge in [0.2, 0.25) is 5.91 Å². The van der Waals surface area contributed by atoms with Crippen LogP contribution in [0.15, 0.2) is 24.3 Å². The van der Waals surface area contributed by atoms with E-state index in [4.69, 9.17) is 10.5 Å². The second-order valence-corrected chi connectivity index (χ2v) is 6.64. The molecule has 0 radical (unpaired) electrons. The van der Waals surface area contributed by atoms with Gasteiger partial charge in [0.1, 0.15) is 5.75 Å². The fourth-order valence-electron chi connectivity index (χ4n) is 2.89. The molecule has 21 heavy (non-hydrogen) atoms. The maximum Gasteiger partial charge on any atom is 0.229 e. The molecule has 2 unspecified atom stereocenters. The van der Waals surface area contributed by atoms with Crippen LogP contribution in [-0.4, -0.2) is 37.0 Å². The molecule has 0 saturated carbocycles. The first kappa shape index (κ1) is 15.8. The van der Waals surface area contributed by atoms with E-state index in [2.05, 4.69) is 13.8 Å². The molecule has 116 valence electrons. The largest absolute Gasteiger partial charge is 0.497 e. The van der Waals surface area contributed by atoms with Crippen molar-refractivity contribution in [2.75, 3.05) is 20.2 Å². The maximum absolute atomic E-state index is 12.7. The minimum Gasteiger partial charge on any atom is -0.497 e. The molecule has 0 spiro atoms. The second kappa shape index (κ2) is 6.06. The molecule has 1 saturated heterocycles. The number of hydrogen-bond donors (Lipinski definition) is 1. The highest BCUT2D eigenvalue weighted by molar-refractivity contribution is 5.83. The third kappa shape index (κ3) is 3.38. The average Bonchev–Trinajstić information content (AvgIpc) is 2.48. The Bertz CT molecular complexity index is 513. The zero-order chi connectivity index (χ0) is 15.6. The molecular weight excluding hydrogens is 264 g/mol. The van der Waals surface area contributed by atoms with Gasteiger partial charge in [-0.3, -0.25) is 4.79 Å². The van der Waals surface area contributed by atoms with Crippen molar-refractivity contribution < 1.29 is 9.53 Å². The summed E-state index contributed by atoms with van der Waals surface area (Å²) in [6, 6.07) is 7.89. The molecule has 4 heteroatoms. The molecule has 0 bridgehead atoms. The number of hydrogen-bond acceptors (Lipinski definition) is 3. The van der Waals surface area contributed by atoms with Gasteiger partial charge in [-0.05, 0) is 36.5 Å². The van der Waals surface area contributed by atoms with E-state index < -0.39 is 0 Å². The topological polar surface area (TPSA) is 55.6 Å². The van der Waals surface area contributed by atoms with E-state index in [1.807, 2.05) is 36.1 Å². The smallest absolute Gasteiger partial charge is 0.229 e. The Morgan fingerprint density at radius 2 is 2.19 bits per heavy atom. The number of ether oxygens (including phenoxy) is 1. The fourth-order valence-corrected chi connectivity index (χ4v) is 2.89. The zero-order valence-corrected chi connectivity index (χ0v) is 13.4. The molecule has 1 aromatic rings. The predicted molar refractivity (Wildman–Crippen MR) is 84.4 cm³/mol. The van der Waals surface area contributed by atoms with Crippen molar-refractivity contribution >= 4 is 5.91 Å². The lowest BCUT2D eigenvalue weighted by molar-refractivity contribution is -0.135. The quantitative estimate of drug-likeness (QED) is 0.930. The third-order valence-corrected chi connectivity index (χ3v) is 4.59. The summed E-state index contributed by atoms with van der Waals surface area (Å²) in [4.78, 5) is 14.7. The molecule has 1 aliphatic rings. The highest BCUT2D eigenvalue weighted by Gasteiger charge is 2.36. The first-order valence-electron chi connectivity index (χ1n) is 7.53. The predicted octanol–water partition coefficient (Wildman–Crippen LogP) is 2.38. The number of nitrogens with zero attached hydrogens (tertiary/aromatic N) is 1. The third-order valence-electron chi connectivity index (χ3n) is 4.59. The molecule has 2 rings (SSSR count). The lowest BCUT2D eigenvalue weighted by Crippen LogP contribution is -2.54. The molecule has 1 aromatic carbocycles. The number of piperidine rings is 1. The van der Waals surface area contributed by atoms with Gasteiger partial charge in [-0.2, -0.15) is 0 Å².